The van der Waals surface area contributed by atoms with Crippen molar-refractivity contribution in [3.8, 4) is 0 Å². The van der Waals surface area contributed by atoms with Crippen LogP contribution in [0.25, 0.3) is 0 Å². The molecule has 0 aliphatic carbocycles. The lowest BCUT2D eigenvalue weighted by molar-refractivity contribution is -0.0381. The van der Waals surface area contributed by atoms with Gasteiger partial charge in [-0.05, 0) is 11.1 Å². The summed E-state index contributed by atoms with van der Waals surface area (Å²) in [5.41, 5.74) is 1.34. The minimum atomic E-state index is -1.02. The Morgan fingerprint density at radius 3 is 1.73 bits per heavy atom. The summed E-state index contributed by atoms with van der Waals surface area (Å²) in [7, 11) is 0. The van der Waals surface area contributed by atoms with E-state index < -0.39 is 24.2 Å². The Balaban J connectivity index is 2.04. The van der Waals surface area contributed by atoms with Crippen molar-refractivity contribution in [3.05, 3.63) is 71.8 Å². The topological polar surface area (TPSA) is 80.9 Å². The number of rotatable bonds is 7. The van der Waals surface area contributed by atoms with Gasteiger partial charge in [-0.1, -0.05) is 60.7 Å². The maximum absolute atomic E-state index is 10.3. The van der Waals surface area contributed by atoms with E-state index in [1.807, 2.05) is 24.3 Å². The zero-order valence-corrected chi connectivity index (χ0v) is 12.3. The third kappa shape index (κ3) is 4.15. The first-order valence-electron chi connectivity index (χ1n) is 7.38. The molecule has 0 saturated carbocycles. The highest BCUT2D eigenvalue weighted by Crippen LogP contribution is 2.29. The first-order chi connectivity index (χ1) is 10.6. The zero-order chi connectivity index (χ0) is 15.9. The summed E-state index contributed by atoms with van der Waals surface area (Å²) < 4.78 is 0. The molecule has 0 spiro atoms. The van der Waals surface area contributed by atoms with Gasteiger partial charge in [0.1, 0.15) is 0 Å². The highest BCUT2D eigenvalue weighted by molar-refractivity contribution is 5.19. The Hall–Kier alpha value is -1.72. The molecule has 0 aromatic heterocycles. The molecule has 4 heteroatoms. The first-order valence-corrected chi connectivity index (χ1v) is 7.38. The molecular formula is C18H22O4. The van der Waals surface area contributed by atoms with Crippen LogP contribution in [0.5, 0.6) is 0 Å². The van der Waals surface area contributed by atoms with E-state index in [1.54, 1.807) is 36.4 Å². The van der Waals surface area contributed by atoms with Crippen LogP contribution in [-0.2, 0) is 0 Å². The summed E-state index contributed by atoms with van der Waals surface area (Å²) in [5, 5.41) is 40.3. The van der Waals surface area contributed by atoms with E-state index in [9.17, 15) is 20.4 Å². The molecule has 4 atom stereocenters. The van der Waals surface area contributed by atoms with Crippen molar-refractivity contribution in [1.29, 1.82) is 0 Å². The maximum atomic E-state index is 10.3. The molecule has 4 nitrogen and oxygen atoms in total. The largest absolute Gasteiger partial charge is 0.396 e. The molecule has 4 unspecified atom stereocenters. The Kier molecular flexibility index (Phi) is 6.10. The average molecular weight is 302 g/mol. The van der Waals surface area contributed by atoms with Gasteiger partial charge in [-0.3, -0.25) is 0 Å². The molecule has 0 fully saturated rings. The number of benzene rings is 2. The molecule has 0 saturated heterocycles. The minimum Gasteiger partial charge on any atom is -0.396 e. The fourth-order valence-electron chi connectivity index (χ4n) is 2.54. The predicted octanol–water partition coefficient (Wildman–Crippen LogP) is 1.81. The van der Waals surface area contributed by atoms with Crippen LogP contribution in [0, 0.1) is 5.92 Å². The van der Waals surface area contributed by atoms with Crippen molar-refractivity contribution in [2.24, 2.45) is 5.92 Å². The smallest absolute Gasteiger partial charge is 0.0864 e. The van der Waals surface area contributed by atoms with E-state index >= 15 is 0 Å². The van der Waals surface area contributed by atoms with E-state index in [0.29, 0.717) is 11.1 Å². The van der Waals surface area contributed by atoms with Crippen LogP contribution < -0.4 is 0 Å². The van der Waals surface area contributed by atoms with Gasteiger partial charge >= 0.3 is 0 Å². The summed E-state index contributed by atoms with van der Waals surface area (Å²) in [6.07, 6.45) is -2.79. The number of hydrogen-bond acceptors (Lipinski definition) is 4. The Morgan fingerprint density at radius 1 is 0.727 bits per heavy atom. The lowest BCUT2D eigenvalue weighted by Crippen LogP contribution is -2.31. The standard InChI is InChI=1S/C18H22O4/c19-12-15(18(22)14-9-5-2-6-10-14)17(21)11-16(20)13-7-3-1-4-8-13/h1-10,15-22H,11-12H2. The molecule has 2 aromatic rings. The maximum Gasteiger partial charge on any atom is 0.0864 e. The van der Waals surface area contributed by atoms with Crippen LogP contribution in [0.2, 0.25) is 0 Å². The second-order valence-corrected chi connectivity index (χ2v) is 5.43. The van der Waals surface area contributed by atoms with E-state index in [0.717, 1.165) is 0 Å². The number of aliphatic hydroxyl groups excluding tert-OH is 4. The second-order valence-electron chi connectivity index (χ2n) is 5.43. The number of hydrogen-bond donors (Lipinski definition) is 4. The molecule has 0 heterocycles. The van der Waals surface area contributed by atoms with E-state index in [1.165, 1.54) is 0 Å². The van der Waals surface area contributed by atoms with Crippen LogP contribution in [0.3, 0.4) is 0 Å². The summed E-state index contributed by atoms with van der Waals surface area (Å²) in [5.74, 6) is -0.749. The van der Waals surface area contributed by atoms with Crippen LogP contribution in [0.4, 0.5) is 0 Å². The summed E-state index contributed by atoms with van der Waals surface area (Å²) in [6, 6.07) is 17.9. The minimum absolute atomic E-state index is 0.0547. The van der Waals surface area contributed by atoms with Gasteiger partial charge in [-0.15, -0.1) is 0 Å². The third-order valence-corrected chi connectivity index (χ3v) is 3.90. The van der Waals surface area contributed by atoms with Crippen molar-refractivity contribution >= 4 is 0 Å². The first kappa shape index (κ1) is 16.6. The highest BCUT2D eigenvalue weighted by Gasteiger charge is 2.29. The Bertz CT molecular complexity index is 544. The van der Waals surface area contributed by atoms with Crippen molar-refractivity contribution < 1.29 is 20.4 Å². The highest BCUT2D eigenvalue weighted by atomic mass is 16.3. The molecule has 2 aromatic carbocycles. The molecule has 0 radical (unpaired) electrons. The fraction of sp³-hybridized carbons (Fsp3) is 0.333. The lowest BCUT2D eigenvalue weighted by Gasteiger charge is -2.27. The van der Waals surface area contributed by atoms with Crippen LogP contribution in [0.1, 0.15) is 29.8 Å². The van der Waals surface area contributed by atoms with Crippen molar-refractivity contribution in [1.82, 2.24) is 0 Å². The van der Waals surface area contributed by atoms with Crippen molar-refractivity contribution in [2.75, 3.05) is 6.61 Å². The summed E-state index contributed by atoms with van der Waals surface area (Å²) in [4.78, 5) is 0. The SMILES string of the molecule is OCC(C(O)CC(O)c1ccccc1)C(O)c1ccccc1. The van der Waals surface area contributed by atoms with Gasteiger partial charge < -0.3 is 20.4 Å². The lowest BCUT2D eigenvalue weighted by atomic mass is 9.88. The van der Waals surface area contributed by atoms with Gasteiger partial charge in [0, 0.05) is 12.3 Å². The fourth-order valence-corrected chi connectivity index (χ4v) is 2.54. The van der Waals surface area contributed by atoms with E-state index in [4.69, 9.17) is 0 Å². The molecule has 0 bridgehead atoms. The summed E-state index contributed by atoms with van der Waals surface area (Å²) >= 11 is 0. The van der Waals surface area contributed by atoms with Gasteiger partial charge in [0.25, 0.3) is 0 Å². The second kappa shape index (κ2) is 8.06. The molecule has 2 rings (SSSR count). The van der Waals surface area contributed by atoms with Crippen molar-refractivity contribution in [3.63, 3.8) is 0 Å². The Morgan fingerprint density at radius 2 is 1.23 bits per heavy atom. The van der Waals surface area contributed by atoms with Crippen LogP contribution >= 0.6 is 0 Å². The third-order valence-electron chi connectivity index (χ3n) is 3.90. The van der Waals surface area contributed by atoms with Gasteiger partial charge in [-0.2, -0.15) is 0 Å². The van der Waals surface area contributed by atoms with E-state index in [2.05, 4.69) is 0 Å². The van der Waals surface area contributed by atoms with Crippen molar-refractivity contribution in [2.45, 2.75) is 24.7 Å². The normalized spacial score (nSPS) is 16.7. The number of aliphatic hydroxyl groups is 4. The van der Waals surface area contributed by atoms with Gasteiger partial charge in [0.15, 0.2) is 0 Å². The molecular weight excluding hydrogens is 280 g/mol. The van der Waals surface area contributed by atoms with Gasteiger partial charge in [0.2, 0.25) is 0 Å². The average Bonchev–Trinajstić information content (AvgIpc) is 2.57. The van der Waals surface area contributed by atoms with Crippen LogP contribution in [0.15, 0.2) is 60.7 Å². The Labute approximate surface area is 130 Å². The monoisotopic (exact) mass is 302 g/mol. The molecule has 0 aliphatic heterocycles. The summed E-state index contributed by atoms with van der Waals surface area (Å²) in [6.45, 7) is -0.362. The van der Waals surface area contributed by atoms with Crippen LogP contribution in [-0.4, -0.2) is 33.1 Å². The zero-order valence-electron chi connectivity index (χ0n) is 12.3. The molecule has 0 amide bonds. The molecule has 0 aliphatic rings. The molecule has 4 N–H and O–H groups in total. The van der Waals surface area contributed by atoms with Gasteiger partial charge in [-0.25, -0.2) is 0 Å². The predicted molar refractivity (Wildman–Crippen MR) is 84.0 cm³/mol. The molecule has 118 valence electrons. The molecule has 22 heavy (non-hydrogen) atoms. The quantitative estimate of drug-likeness (QED) is 0.629. The van der Waals surface area contributed by atoms with E-state index in [-0.39, 0.29) is 13.0 Å². The van der Waals surface area contributed by atoms with Gasteiger partial charge in [0.05, 0.1) is 24.9 Å².